The van der Waals surface area contributed by atoms with Gasteiger partial charge in [-0.3, -0.25) is 0 Å². The van der Waals surface area contributed by atoms with Crippen molar-refractivity contribution in [2.24, 2.45) is 0 Å². The van der Waals surface area contributed by atoms with E-state index in [-0.39, 0.29) is 11.5 Å². The van der Waals surface area contributed by atoms with Crippen molar-refractivity contribution in [3.8, 4) is 23.0 Å². The third-order valence-corrected chi connectivity index (χ3v) is 4.28. The van der Waals surface area contributed by atoms with Crippen molar-refractivity contribution < 1.29 is 27.4 Å². The van der Waals surface area contributed by atoms with Crippen molar-refractivity contribution in [3.63, 3.8) is 0 Å². The lowest BCUT2D eigenvalue weighted by Gasteiger charge is -2.16. The van der Waals surface area contributed by atoms with Crippen molar-refractivity contribution in [1.29, 1.82) is 0 Å². The lowest BCUT2D eigenvalue weighted by Crippen LogP contribution is -2.17. The Morgan fingerprint density at radius 3 is 2.28 bits per heavy atom. The molecule has 0 saturated heterocycles. The fourth-order valence-electron chi connectivity index (χ4n) is 2.66. The van der Waals surface area contributed by atoms with Crippen LogP contribution in [0.5, 0.6) is 23.0 Å². The number of hydrogen-bond donors (Lipinski definition) is 0. The van der Waals surface area contributed by atoms with Gasteiger partial charge in [0.15, 0.2) is 11.5 Å². The van der Waals surface area contributed by atoms with Crippen molar-refractivity contribution >= 4 is 0 Å². The summed E-state index contributed by atoms with van der Waals surface area (Å²) in [5, 5.41) is 0. The molecule has 0 atom stereocenters. The van der Waals surface area contributed by atoms with E-state index in [4.69, 9.17) is 9.47 Å². The van der Waals surface area contributed by atoms with Crippen molar-refractivity contribution in [1.82, 2.24) is 0 Å². The summed E-state index contributed by atoms with van der Waals surface area (Å²) >= 11 is 0. The molecule has 1 aliphatic carbocycles. The third-order valence-electron chi connectivity index (χ3n) is 4.28. The van der Waals surface area contributed by atoms with Gasteiger partial charge in [-0.05, 0) is 67.5 Å². The van der Waals surface area contributed by atoms with Crippen LogP contribution in [-0.4, -0.2) is 13.5 Å². The largest absolute Gasteiger partial charge is 0.573 e. The quantitative estimate of drug-likeness (QED) is 0.672. The molecule has 0 bridgehead atoms. The normalized spacial score (nSPS) is 14.3. The number of benzene rings is 2. The molecule has 1 fully saturated rings. The molecule has 0 aromatic heterocycles. The van der Waals surface area contributed by atoms with E-state index in [2.05, 4.69) is 10.8 Å². The van der Waals surface area contributed by atoms with E-state index in [9.17, 15) is 13.2 Å². The molecule has 0 spiro atoms. The molecule has 0 unspecified atom stereocenters. The summed E-state index contributed by atoms with van der Waals surface area (Å²) in [6.45, 7) is 3.97. The lowest BCUT2D eigenvalue weighted by molar-refractivity contribution is -0.274. The van der Waals surface area contributed by atoms with Crippen LogP contribution >= 0.6 is 0 Å². The summed E-state index contributed by atoms with van der Waals surface area (Å²) in [5.41, 5.74) is 3.34. The second kappa shape index (κ2) is 6.50. The van der Waals surface area contributed by atoms with Gasteiger partial charge in [0.05, 0.1) is 7.11 Å². The molecule has 0 heterocycles. The van der Waals surface area contributed by atoms with E-state index in [0.717, 1.165) is 17.2 Å². The van der Waals surface area contributed by atoms with E-state index in [1.54, 1.807) is 0 Å². The van der Waals surface area contributed by atoms with Crippen molar-refractivity contribution in [2.75, 3.05) is 7.11 Å². The van der Waals surface area contributed by atoms with Gasteiger partial charge in [0.2, 0.25) is 0 Å². The zero-order valence-electron chi connectivity index (χ0n) is 14.2. The SMILES string of the molecule is COc1cc(OC(F)(F)F)ccc1Oc1cc(C2CC2)cc(C)c1C. The summed E-state index contributed by atoms with van der Waals surface area (Å²) in [5.74, 6) is 1.43. The Morgan fingerprint density at radius 1 is 0.960 bits per heavy atom. The minimum atomic E-state index is -4.75. The molecule has 134 valence electrons. The Hall–Kier alpha value is -2.37. The Morgan fingerprint density at radius 2 is 1.68 bits per heavy atom. The number of ether oxygens (including phenoxy) is 3. The maximum atomic E-state index is 12.4. The molecule has 0 radical (unpaired) electrons. The van der Waals surface area contributed by atoms with Crippen LogP contribution in [0.4, 0.5) is 13.2 Å². The van der Waals surface area contributed by atoms with Gasteiger partial charge in [-0.1, -0.05) is 6.07 Å². The van der Waals surface area contributed by atoms with E-state index in [0.29, 0.717) is 17.4 Å². The molecule has 1 saturated carbocycles. The Labute approximate surface area is 144 Å². The lowest BCUT2D eigenvalue weighted by atomic mass is 10.0. The van der Waals surface area contributed by atoms with Crippen LogP contribution < -0.4 is 14.2 Å². The smallest absolute Gasteiger partial charge is 0.493 e. The molecule has 2 aromatic rings. The zero-order chi connectivity index (χ0) is 18.2. The number of hydrogen-bond acceptors (Lipinski definition) is 3. The topological polar surface area (TPSA) is 27.7 Å². The summed E-state index contributed by atoms with van der Waals surface area (Å²) in [6, 6.07) is 7.95. The van der Waals surface area contributed by atoms with E-state index in [1.165, 1.54) is 37.6 Å². The van der Waals surface area contributed by atoms with Crippen LogP contribution in [0.3, 0.4) is 0 Å². The van der Waals surface area contributed by atoms with Crippen LogP contribution in [-0.2, 0) is 0 Å². The monoisotopic (exact) mass is 352 g/mol. The van der Waals surface area contributed by atoms with Gasteiger partial charge in [0.1, 0.15) is 11.5 Å². The molecule has 0 N–H and O–H groups in total. The molecule has 0 amide bonds. The third kappa shape index (κ3) is 4.18. The number of aryl methyl sites for hydroxylation is 1. The van der Waals surface area contributed by atoms with Gasteiger partial charge in [-0.15, -0.1) is 13.2 Å². The predicted molar refractivity (Wildman–Crippen MR) is 87.6 cm³/mol. The standard InChI is InChI=1S/C19H19F3O3/c1-11-8-14(13-4-5-13)9-17(12(11)2)24-16-7-6-15(10-18(16)23-3)25-19(20,21)22/h6-10,13H,4-5H2,1-3H3. The average molecular weight is 352 g/mol. The molecule has 0 aliphatic heterocycles. The van der Waals surface area contributed by atoms with Gasteiger partial charge in [0, 0.05) is 6.07 Å². The highest BCUT2D eigenvalue weighted by molar-refractivity contribution is 5.51. The highest BCUT2D eigenvalue weighted by Crippen LogP contribution is 2.44. The predicted octanol–water partition coefficient (Wildman–Crippen LogP) is 5.88. The molecular formula is C19H19F3O3. The number of alkyl halides is 3. The first kappa shape index (κ1) is 17.5. The summed E-state index contributed by atoms with van der Waals surface area (Å²) in [7, 11) is 1.37. The van der Waals surface area contributed by atoms with Gasteiger partial charge >= 0.3 is 6.36 Å². The van der Waals surface area contributed by atoms with E-state index < -0.39 is 6.36 Å². The van der Waals surface area contributed by atoms with Gasteiger partial charge < -0.3 is 14.2 Å². The zero-order valence-corrected chi connectivity index (χ0v) is 14.2. The number of halogens is 3. The molecular weight excluding hydrogens is 333 g/mol. The molecule has 1 aliphatic rings. The van der Waals surface area contributed by atoms with E-state index >= 15 is 0 Å². The van der Waals surface area contributed by atoms with Crippen LogP contribution in [0.2, 0.25) is 0 Å². The average Bonchev–Trinajstić information content (AvgIpc) is 3.36. The van der Waals surface area contributed by atoms with Crippen molar-refractivity contribution in [2.45, 2.75) is 39.0 Å². The van der Waals surface area contributed by atoms with Crippen molar-refractivity contribution in [3.05, 3.63) is 47.0 Å². The fourth-order valence-corrected chi connectivity index (χ4v) is 2.66. The van der Waals surface area contributed by atoms with Crippen LogP contribution in [0, 0.1) is 13.8 Å². The second-order valence-electron chi connectivity index (χ2n) is 6.20. The Bertz CT molecular complexity index is 780. The van der Waals surface area contributed by atoms with Gasteiger partial charge in [-0.2, -0.15) is 0 Å². The maximum absolute atomic E-state index is 12.4. The molecule has 3 rings (SSSR count). The van der Waals surface area contributed by atoms with Gasteiger partial charge in [0.25, 0.3) is 0 Å². The molecule has 25 heavy (non-hydrogen) atoms. The Kier molecular flexibility index (Phi) is 4.54. The molecule has 2 aromatic carbocycles. The first-order chi connectivity index (χ1) is 11.8. The van der Waals surface area contributed by atoms with Crippen LogP contribution in [0.25, 0.3) is 0 Å². The highest BCUT2D eigenvalue weighted by Gasteiger charge is 2.31. The van der Waals surface area contributed by atoms with Crippen LogP contribution in [0.15, 0.2) is 30.3 Å². The summed E-state index contributed by atoms with van der Waals surface area (Å²) in [4.78, 5) is 0. The first-order valence-corrected chi connectivity index (χ1v) is 7.99. The summed E-state index contributed by atoms with van der Waals surface area (Å²) < 4.78 is 52.1. The Balaban J connectivity index is 1.90. The van der Waals surface area contributed by atoms with E-state index in [1.807, 2.05) is 19.9 Å². The maximum Gasteiger partial charge on any atom is 0.573 e. The molecule has 6 heteroatoms. The first-order valence-electron chi connectivity index (χ1n) is 7.99. The molecule has 3 nitrogen and oxygen atoms in total. The van der Waals surface area contributed by atoms with Crippen LogP contribution in [0.1, 0.15) is 35.4 Å². The number of rotatable bonds is 5. The fraction of sp³-hybridized carbons (Fsp3) is 0.368. The second-order valence-corrected chi connectivity index (χ2v) is 6.20. The highest BCUT2D eigenvalue weighted by atomic mass is 19.4. The van der Waals surface area contributed by atoms with Gasteiger partial charge in [-0.25, -0.2) is 0 Å². The summed E-state index contributed by atoms with van der Waals surface area (Å²) in [6.07, 6.45) is -2.40. The number of methoxy groups -OCH3 is 1. The minimum absolute atomic E-state index is 0.177. The minimum Gasteiger partial charge on any atom is -0.493 e.